The quantitative estimate of drug-likeness (QED) is 0.763. The molecule has 0 bridgehead atoms. The van der Waals surface area contributed by atoms with Gasteiger partial charge in [0.2, 0.25) is 0 Å². The number of hydrogen-bond donors (Lipinski definition) is 2. The summed E-state index contributed by atoms with van der Waals surface area (Å²) in [5, 5.41) is 10.1. The van der Waals surface area contributed by atoms with Gasteiger partial charge in [-0.3, -0.25) is 9.78 Å². The van der Waals surface area contributed by atoms with Gasteiger partial charge in [-0.15, -0.1) is 0 Å². The van der Waals surface area contributed by atoms with E-state index in [2.05, 4.69) is 20.0 Å². The van der Waals surface area contributed by atoms with Gasteiger partial charge < -0.3 is 0 Å². The van der Waals surface area contributed by atoms with Gasteiger partial charge in [0.15, 0.2) is 5.03 Å². The molecule has 2 heterocycles. The van der Waals surface area contributed by atoms with Crippen LogP contribution in [0, 0.1) is 0 Å². The molecule has 86 valence electrons. The number of nitrogens with one attached hydrogen (secondary N) is 2. The van der Waals surface area contributed by atoms with Crippen molar-refractivity contribution in [1.82, 2.24) is 24.7 Å². The maximum absolute atomic E-state index is 11.7. The molecule has 0 fully saturated rings. The first-order valence-corrected chi connectivity index (χ1v) is 6.04. The number of aromatic amines is 1. The Balaban J connectivity index is 2.06. The zero-order chi connectivity index (χ0) is 11.6. The van der Waals surface area contributed by atoms with Crippen LogP contribution in [0.5, 0.6) is 0 Å². The smallest absolute Gasteiger partial charge is 0.257 e. The van der Waals surface area contributed by atoms with E-state index in [1.165, 1.54) is 12.3 Å². The standard InChI is InChI=1S/C8H11N5O2S/c1-13-5-3-7(12-13)6-10-16(14,15)8-2-4-9-11-8/h2-5,10H,6H2,1H3,(H,9,11). The lowest BCUT2D eigenvalue weighted by molar-refractivity contribution is 0.575. The third kappa shape index (κ3) is 2.28. The summed E-state index contributed by atoms with van der Waals surface area (Å²) in [5.41, 5.74) is 0.658. The van der Waals surface area contributed by atoms with E-state index in [9.17, 15) is 8.42 Å². The Morgan fingerprint density at radius 1 is 1.50 bits per heavy atom. The van der Waals surface area contributed by atoms with Gasteiger partial charge >= 0.3 is 0 Å². The van der Waals surface area contributed by atoms with Gasteiger partial charge in [0.05, 0.1) is 18.4 Å². The molecule has 0 aliphatic carbocycles. The van der Waals surface area contributed by atoms with E-state index in [1.54, 1.807) is 24.0 Å². The summed E-state index contributed by atoms with van der Waals surface area (Å²) in [6.45, 7) is 0.155. The van der Waals surface area contributed by atoms with Crippen molar-refractivity contribution in [3.8, 4) is 0 Å². The van der Waals surface area contributed by atoms with Crippen LogP contribution in [0.3, 0.4) is 0 Å². The molecule has 0 aliphatic rings. The molecule has 2 N–H and O–H groups in total. The van der Waals surface area contributed by atoms with Crippen LogP contribution < -0.4 is 4.72 Å². The number of sulfonamides is 1. The van der Waals surface area contributed by atoms with Crippen LogP contribution in [-0.2, 0) is 23.6 Å². The molecule has 0 saturated heterocycles. The average molecular weight is 241 g/mol. The summed E-state index contributed by atoms with van der Waals surface area (Å²) < 4.78 is 27.3. The highest BCUT2D eigenvalue weighted by Crippen LogP contribution is 2.03. The fraction of sp³-hybridized carbons (Fsp3) is 0.250. The number of H-pyrrole nitrogens is 1. The molecular formula is C8H11N5O2S. The average Bonchev–Trinajstić information content (AvgIpc) is 2.85. The van der Waals surface area contributed by atoms with Crippen LogP contribution in [0.2, 0.25) is 0 Å². The van der Waals surface area contributed by atoms with Crippen LogP contribution in [0.15, 0.2) is 29.6 Å². The number of aryl methyl sites for hydroxylation is 1. The van der Waals surface area contributed by atoms with E-state index in [-0.39, 0.29) is 11.6 Å². The number of rotatable bonds is 4. The second-order valence-electron chi connectivity index (χ2n) is 3.23. The monoisotopic (exact) mass is 241 g/mol. The summed E-state index contributed by atoms with van der Waals surface area (Å²) in [6, 6.07) is 3.14. The zero-order valence-electron chi connectivity index (χ0n) is 8.58. The van der Waals surface area contributed by atoms with Crippen LogP contribution in [-0.4, -0.2) is 28.4 Å². The molecule has 0 amide bonds. The van der Waals surface area contributed by atoms with Crippen molar-refractivity contribution < 1.29 is 8.42 Å². The van der Waals surface area contributed by atoms with Crippen LogP contribution in [0.25, 0.3) is 0 Å². The minimum absolute atomic E-state index is 0.0448. The van der Waals surface area contributed by atoms with Crippen LogP contribution >= 0.6 is 0 Å². The Hall–Kier alpha value is -1.67. The van der Waals surface area contributed by atoms with Gasteiger partial charge in [-0.05, 0) is 12.1 Å². The molecule has 2 aromatic heterocycles. The van der Waals surface area contributed by atoms with Crippen LogP contribution in [0.4, 0.5) is 0 Å². The van der Waals surface area contributed by atoms with Crippen molar-refractivity contribution in [3.05, 3.63) is 30.2 Å². The van der Waals surface area contributed by atoms with Gasteiger partial charge in [0.1, 0.15) is 0 Å². The molecule has 0 aromatic carbocycles. The van der Waals surface area contributed by atoms with Gasteiger partial charge in [0.25, 0.3) is 10.0 Å². The molecule has 2 rings (SSSR count). The summed E-state index contributed by atoms with van der Waals surface area (Å²) >= 11 is 0. The lowest BCUT2D eigenvalue weighted by Crippen LogP contribution is -2.23. The molecule has 2 aromatic rings. The van der Waals surface area contributed by atoms with Crippen molar-refractivity contribution in [2.75, 3.05) is 0 Å². The summed E-state index contributed by atoms with van der Waals surface area (Å²) in [7, 11) is -1.75. The van der Waals surface area contributed by atoms with Crippen molar-refractivity contribution in [3.63, 3.8) is 0 Å². The number of hydrogen-bond acceptors (Lipinski definition) is 4. The summed E-state index contributed by atoms with van der Waals surface area (Å²) in [5.74, 6) is 0. The SMILES string of the molecule is Cn1ccc(CNS(=O)(=O)c2ccn[nH]2)n1. The predicted octanol–water partition coefficient (Wildman–Crippen LogP) is -0.378. The third-order valence-corrected chi connectivity index (χ3v) is 3.31. The van der Waals surface area contributed by atoms with Crippen molar-refractivity contribution >= 4 is 10.0 Å². The van der Waals surface area contributed by atoms with E-state index >= 15 is 0 Å². The van der Waals surface area contributed by atoms with E-state index in [4.69, 9.17) is 0 Å². The molecule has 8 heteroatoms. The highest BCUT2D eigenvalue weighted by Gasteiger charge is 2.15. The van der Waals surface area contributed by atoms with Crippen molar-refractivity contribution in [1.29, 1.82) is 0 Å². The first kappa shape index (κ1) is 10.8. The van der Waals surface area contributed by atoms with E-state index in [0.717, 1.165) is 0 Å². The molecule has 16 heavy (non-hydrogen) atoms. The van der Waals surface area contributed by atoms with E-state index in [0.29, 0.717) is 5.69 Å². The molecule has 7 nitrogen and oxygen atoms in total. The highest BCUT2D eigenvalue weighted by molar-refractivity contribution is 7.89. The predicted molar refractivity (Wildman–Crippen MR) is 55.8 cm³/mol. The molecule has 0 aliphatic heterocycles. The fourth-order valence-corrected chi connectivity index (χ4v) is 2.10. The molecule has 0 spiro atoms. The minimum atomic E-state index is -3.52. The molecule has 0 unspecified atom stereocenters. The maximum Gasteiger partial charge on any atom is 0.257 e. The molecule has 0 saturated carbocycles. The molecular weight excluding hydrogens is 230 g/mol. The molecule has 0 radical (unpaired) electrons. The third-order valence-electron chi connectivity index (χ3n) is 1.98. The Kier molecular flexibility index (Phi) is 2.75. The normalized spacial score (nSPS) is 11.8. The van der Waals surface area contributed by atoms with Gasteiger partial charge in [-0.2, -0.15) is 10.2 Å². The lowest BCUT2D eigenvalue weighted by Gasteiger charge is -2.01. The molecule has 0 atom stereocenters. The highest BCUT2D eigenvalue weighted by atomic mass is 32.2. The summed E-state index contributed by atoms with van der Waals surface area (Å²) in [4.78, 5) is 0. The van der Waals surface area contributed by atoms with E-state index in [1.807, 2.05) is 0 Å². The van der Waals surface area contributed by atoms with Crippen molar-refractivity contribution in [2.45, 2.75) is 11.6 Å². The second-order valence-corrected chi connectivity index (χ2v) is 4.96. The first-order valence-electron chi connectivity index (χ1n) is 4.55. The Labute approximate surface area is 92.5 Å². The van der Waals surface area contributed by atoms with Gasteiger partial charge in [0, 0.05) is 13.2 Å². The Morgan fingerprint density at radius 2 is 2.31 bits per heavy atom. The lowest BCUT2D eigenvalue weighted by atomic mass is 10.4. The number of aromatic nitrogens is 4. The number of nitrogens with zero attached hydrogens (tertiary/aromatic N) is 3. The minimum Gasteiger partial charge on any atom is -0.276 e. The fourth-order valence-electron chi connectivity index (χ4n) is 1.20. The topological polar surface area (TPSA) is 92.7 Å². The van der Waals surface area contributed by atoms with Gasteiger partial charge in [-0.1, -0.05) is 0 Å². The first-order chi connectivity index (χ1) is 7.58. The second kappa shape index (κ2) is 4.06. The zero-order valence-corrected chi connectivity index (χ0v) is 9.40. The summed E-state index contributed by atoms with van der Waals surface area (Å²) in [6.07, 6.45) is 3.13. The Morgan fingerprint density at radius 3 is 2.88 bits per heavy atom. The largest absolute Gasteiger partial charge is 0.276 e. The van der Waals surface area contributed by atoms with Gasteiger partial charge in [-0.25, -0.2) is 13.1 Å². The maximum atomic E-state index is 11.7. The van der Waals surface area contributed by atoms with E-state index < -0.39 is 10.0 Å². The Bertz CT molecular complexity index is 557. The van der Waals surface area contributed by atoms with Crippen LogP contribution in [0.1, 0.15) is 5.69 Å². The van der Waals surface area contributed by atoms with Crippen molar-refractivity contribution in [2.24, 2.45) is 7.05 Å².